The zero-order chi connectivity index (χ0) is 26.7. The number of hydrogen-bond acceptors (Lipinski definition) is 6. The van der Waals surface area contributed by atoms with Gasteiger partial charge in [-0.15, -0.1) is 0 Å². The second-order valence-corrected chi connectivity index (χ2v) is 9.74. The number of carbonyl (C=O) groups excluding carboxylic acids is 4. The summed E-state index contributed by atoms with van der Waals surface area (Å²) in [7, 11) is 1.56. The summed E-state index contributed by atoms with van der Waals surface area (Å²) in [5, 5.41) is 8.49. The normalized spacial score (nSPS) is 17.8. The molecule has 2 aliphatic rings. The lowest BCUT2D eigenvalue weighted by Gasteiger charge is -2.39. The number of amides is 4. The standard InChI is InChI=1S/C27H40N4O6/c1-3-4-11-22(23(32)24(33)28-19-20-9-8-10-21(18-20)36-2)29-25(34)27(12-6-5-7-13-27)30-26(35)31-14-16-37-17-15-31/h8-10,18,22H,3-7,11-17,19H2,1-2H3,(H,28,33)(H,29,34)(H,30,35)/t22-/m0/s1. The molecule has 1 heterocycles. The molecule has 1 aliphatic heterocycles. The lowest BCUT2D eigenvalue weighted by atomic mass is 9.80. The Morgan fingerprint density at radius 3 is 2.51 bits per heavy atom. The number of ether oxygens (including phenoxy) is 2. The molecule has 1 atom stereocenters. The first-order valence-electron chi connectivity index (χ1n) is 13.3. The van der Waals surface area contributed by atoms with E-state index in [4.69, 9.17) is 9.47 Å². The quantitative estimate of drug-likeness (QED) is 0.388. The summed E-state index contributed by atoms with van der Waals surface area (Å²) in [6.45, 7) is 4.01. The SMILES string of the molecule is CCCC[C@H](NC(=O)C1(NC(=O)N2CCOCC2)CCCCC1)C(=O)C(=O)NCc1cccc(OC)c1. The van der Waals surface area contributed by atoms with E-state index >= 15 is 0 Å². The van der Waals surface area contributed by atoms with Gasteiger partial charge in [-0.25, -0.2) is 4.79 Å². The Kier molecular flexibility index (Phi) is 10.7. The van der Waals surface area contributed by atoms with E-state index in [1.165, 1.54) is 0 Å². The highest BCUT2D eigenvalue weighted by Crippen LogP contribution is 2.29. The summed E-state index contributed by atoms with van der Waals surface area (Å²) in [6.07, 6.45) is 5.39. The molecule has 2 fully saturated rings. The number of nitrogens with zero attached hydrogens (tertiary/aromatic N) is 1. The summed E-state index contributed by atoms with van der Waals surface area (Å²) >= 11 is 0. The zero-order valence-corrected chi connectivity index (χ0v) is 22.0. The molecular formula is C27H40N4O6. The van der Waals surface area contributed by atoms with Gasteiger partial charge in [0.05, 0.1) is 26.4 Å². The fraction of sp³-hybridized carbons (Fsp3) is 0.630. The number of hydrogen-bond donors (Lipinski definition) is 3. The monoisotopic (exact) mass is 516 g/mol. The molecule has 0 spiro atoms. The first kappa shape index (κ1) is 28.4. The average Bonchev–Trinajstić information content (AvgIpc) is 2.94. The van der Waals surface area contributed by atoms with Crippen LogP contribution in [0.1, 0.15) is 63.9 Å². The van der Waals surface area contributed by atoms with E-state index in [-0.39, 0.29) is 12.6 Å². The lowest BCUT2D eigenvalue weighted by Crippen LogP contribution is -2.64. The molecule has 0 aromatic heterocycles. The van der Waals surface area contributed by atoms with Crippen LogP contribution in [0.5, 0.6) is 5.75 Å². The third kappa shape index (κ3) is 7.92. The predicted octanol–water partition coefficient (Wildman–Crippen LogP) is 2.30. The Morgan fingerprint density at radius 2 is 1.84 bits per heavy atom. The molecule has 1 aromatic rings. The maximum Gasteiger partial charge on any atom is 0.318 e. The van der Waals surface area contributed by atoms with Crippen molar-refractivity contribution in [2.24, 2.45) is 0 Å². The number of carbonyl (C=O) groups is 4. The number of morpholine rings is 1. The van der Waals surface area contributed by atoms with E-state index in [2.05, 4.69) is 16.0 Å². The van der Waals surface area contributed by atoms with Gasteiger partial charge in [0.2, 0.25) is 11.7 Å². The number of benzene rings is 1. The third-order valence-electron chi connectivity index (χ3n) is 7.07. The van der Waals surface area contributed by atoms with Crippen molar-refractivity contribution < 1.29 is 28.7 Å². The second kappa shape index (κ2) is 14.0. The maximum atomic E-state index is 13.6. The molecule has 3 N–H and O–H groups in total. The van der Waals surface area contributed by atoms with Crippen molar-refractivity contribution >= 4 is 23.6 Å². The maximum absolute atomic E-state index is 13.6. The van der Waals surface area contributed by atoms with Gasteiger partial charge < -0.3 is 30.3 Å². The largest absolute Gasteiger partial charge is 0.497 e. The smallest absolute Gasteiger partial charge is 0.318 e. The van der Waals surface area contributed by atoms with Crippen LogP contribution in [0.4, 0.5) is 4.79 Å². The molecule has 0 radical (unpaired) electrons. The average molecular weight is 517 g/mol. The number of methoxy groups -OCH3 is 1. The number of Topliss-reactive ketones (excluding diaryl/α,β-unsaturated/α-hetero) is 1. The first-order chi connectivity index (χ1) is 17.9. The topological polar surface area (TPSA) is 126 Å². The molecule has 0 unspecified atom stereocenters. The molecule has 204 valence electrons. The highest BCUT2D eigenvalue weighted by atomic mass is 16.5. The van der Waals surface area contributed by atoms with Crippen molar-refractivity contribution in [3.05, 3.63) is 29.8 Å². The molecule has 1 aliphatic carbocycles. The van der Waals surface area contributed by atoms with Crippen LogP contribution in [-0.4, -0.2) is 73.5 Å². The highest BCUT2D eigenvalue weighted by molar-refractivity contribution is 6.38. The Balaban J connectivity index is 1.67. The third-order valence-corrected chi connectivity index (χ3v) is 7.07. The van der Waals surface area contributed by atoms with Crippen LogP contribution in [-0.2, 0) is 25.7 Å². The van der Waals surface area contributed by atoms with Crippen molar-refractivity contribution in [1.29, 1.82) is 0 Å². The van der Waals surface area contributed by atoms with Crippen LogP contribution in [0.3, 0.4) is 0 Å². The van der Waals surface area contributed by atoms with Gasteiger partial charge in [0.15, 0.2) is 0 Å². The fourth-order valence-electron chi connectivity index (χ4n) is 4.80. The summed E-state index contributed by atoms with van der Waals surface area (Å²) in [4.78, 5) is 54.1. The van der Waals surface area contributed by atoms with E-state index in [9.17, 15) is 19.2 Å². The van der Waals surface area contributed by atoms with Gasteiger partial charge in [-0.2, -0.15) is 0 Å². The van der Waals surface area contributed by atoms with Crippen molar-refractivity contribution in [2.45, 2.75) is 76.4 Å². The molecular weight excluding hydrogens is 476 g/mol. The summed E-state index contributed by atoms with van der Waals surface area (Å²) < 4.78 is 10.5. The molecule has 10 nitrogen and oxygen atoms in total. The predicted molar refractivity (Wildman–Crippen MR) is 138 cm³/mol. The molecule has 1 saturated carbocycles. The van der Waals surface area contributed by atoms with Gasteiger partial charge in [-0.1, -0.05) is 51.2 Å². The number of ketones is 1. The van der Waals surface area contributed by atoms with Gasteiger partial charge in [-0.05, 0) is 37.0 Å². The van der Waals surface area contributed by atoms with Gasteiger partial charge >= 0.3 is 6.03 Å². The van der Waals surface area contributed by atoms with Crippen molar-refractivity contribution in [1.82, 2.24) is 20.9 Å². The molecule has 10 heteroatoms. The van der Waals surface area contributed by atoms with Crippen molar-refractivity contribution in [3.8, 4) is 5.75 Å². The van der Waals surface area contributed by atoms with Gasteiger partial charge in [0, 0.05) is 19.6 Å². The van der Waals surface area contributed by atoms with Crippen LogP contribution in [0.2, 0.25) is 0 Å². The van der Waals surface area contributed by atoms with Gasteiger partial charge in [0.25, 0.3) is 5.91 Å². The lowest BCUT2D eigenvalue weighted by molar-refractivity contribution is -0.141. The zero-order valence-electron chi connectivity index (χ0n) is 22.0. The number of nitrogens with one attached hydrogen (secondary N) is 3. The Morgan fingerprint density at radius 1 is 1.11 bits per heavy atom. The van der Waals surface area contributed by atoms with Crippen molar-refractivity contribution in [2.75, 3.05) is 33.4 Å². The van der Waals surface area contributed by atoms with Crippen LogP contribution in [0, 0.1) is 0 Å². The second-order valence-electron chi connectivity index (χ2n) is 9.74. The Labute approximate surface area is 218 Å². The van der Waals surface area contributed by atoms with Crippen LogP contribution < -0.4 is 20.7 Å². The number of rotatable bonds is 11. The highest BCUT2D eigenvalue weighted by Gasteiger charge is 2.43. The van der Waals surface area contributed by atoms with E-state index in [0.29, 0.717) is 57.7 Å². The molecule has 1 aromatic carbocycles. The Hall–Kier alpha value is -3.14. The number of urea groups is 1. The summed E-state index contributed by atoms with van der Waals surface area (Å²) in [5.74, 6) is -1.18. The Bertz CT molecular complexity index is 941. The molecule has 37 heavy (non-hydrogen) atoms. The molecule has 3 rings (SSSR count). The van der Waals surface area contributed by atoms with Crippen LogP contribution >= 0.6 is 0 Å². The number of unbranched alkanes of at least 4 members (excludes halogenated alkanes) is 1. The van der Waals surface area contributed by atoms with Gasteiger partial charge in [-0.3, -0.25) is 14.4 Å². The first-order valence-corrected chi connectivity index (χ1v) is 13.3. The van der Waals surface area contributed by atoms with Crippen molar-refractivity contribution in [3.63, 3.8) is 0 Å². The molecule has 4 amide bonds. The minimum absolute atomic E-state index is 0.162. The van der Waals surface area contributed by atoms with E-state index < -0.39 is 29.2 Å². The van der Waals surface area contributed by atoms with E-state index in [1.54, 1.807) is 30.2 Å². The summed E-state index contributed by atoms with van der Waals surface area (Å²) in [6, 6.07) is 5.95. The van der Waals surface area contributed by atoms with Crippen LogP contribution in [0.25, 0.3) is 0 Å². The fourth-order valence-corrected chi connectivity index (χ4v) is 4.80. The molecule has 1 saturated heterocycles. The van der Waals surface area contributed by atoms with Crippen LogP contribution in [0.15, 0.2) is 24.3 Å². The minimum atomic E-state index is -1.10. The van der Waals surface area contributed by atoms with E-state index in [1.807, 2.05) is 13.0 Å². The molecule has 0 bridgehead atoms. The summed E-state index contributed by atoms with van der Waals surface area (Å²) in [5.41, 5.74) is -0.309. The minimum Gasteiger partial charge on any atom is -0.497 e. The van der Waals surface area contributed by atoms with Gasteiger partial charge in [0.1, 0.15) is 11.3 Å². The van der Waals surface area contributed by atoms with E-state index in [0.717, 1.165) is 31.2 Å².